The summed E-state index contributed by atoms with van der Waals surface area (Å²) in [5, 5.41) is 6.51. The summed E-state index contributed by atoms with van der Waals surface area (Å²) < 4.78 is 0. The first-order valence-corrected chi connectivity index (χ1v) is 8.96. The molecule has 0 bridgehead atoms. The maximum absolute atomic E-state index is 12.8. The van der Waals surface area contributed by atoms with E-state index in [1.54, 1.807) is 10.4 Å². The number of hydrazone groups is 1. The maximum atomic E-state index is 12.8. The maximum Gasteiger partial charge on any atom is 0.269 e. The van der Waals surface area contributed by atoms with Gasteiger partial charge in [-0.05, 0) is 34.0 Å². The first-order valence-electron chi connectivity index (χ1n) is 8.08. The molecular formula is C20H15N3OS. The predicted molar refractivity (Wildman–Crippen MR) is 104 cm³/mol. The van der Waals surface area contributed by atoms with Crippen LogP contribution in [0.4, 0.5) is 5.69 Å². The zero-order valence-electron chi connectivity index (χ0n) is 13.6. The molecule has 3 aromatic carbocycles. The highest BCUT2D eigenvalue weighted by Crippen LogP contribution is 2.49. The highest BCUT2D eigenvalue weighted by molar-refractivity contribution is 8.13. The van der Waals surface area contributed by atoms with Crippen LogP contribution in [0.5, 0.6) is 0 Å². The van der Waals surface area contributed by atoms with Crippen molar-refractivity contribution in [2.75, 3.05) is 11.9 Å². The van der Waals surface area contributed by atoms with Crippen LogP contribution in [0.2, 0.25) is 0 Å². The van der Waals surface area contributed by atoms with E-state index in [0.717, 1.165) is 16.8 Å². The Morgan fingerprint density at radius 2 is 1.92 bits per heavy atom. The van der Waals surface area contributed by atoms with Crippen molar-refractivity contribution in [3.05, 3.63) is 66.2 Å². The molecule has 2 heterocycles. The van der Waals surface area contributed by atoms with Crippen molar-refractivity contribution in [3.63, 3.8) is 0 Å². The van der Waals surface area contributed by atoms with E-state index < -0.39 is 4.87 Å². The SMILES string of the molecule is CN1C(=O)C2(NN=CS2)c2cc(-c3cccc4ccccc34)ccc21. The third-order valence-electron chi connectivity index (χ3n) is 4.95. The number of nitrogens with one attached hydrogen (secondary N) is 1. The van der Waals surface area contributed by atoms with Crippen molar-refractivity contribution >= 4 is 39.7 Å². The predicted octanol–water partition coefficient (Wildman–Crippen LogP) is 3.92. The van der Waals surface area contributed by atoms with E-state index in [4.69, 9.17) is 0 Å². The number of rotatable bonds is 1. The Labute approximate surface area is 149 Å². The number of benzene rings is 3. The highest BCUT2D eigenvalue weighted by atomic mass is 32.2. The van der Waals surface area contributed by atoms with E-state index in [0.29, 0.717) is 0 Å². The molecule has 4 nitrogen and oxygen atoms in total. The summed E-state index contributed by atoms with van der Waals surface area (Å²) in [5.74, 6) is 0.0140. The second-order valence-electron chi connectivity index (χ2n) is 6.27. The molecule has 122 valence electrons. The second-order valence-corrected chi connectivity index (χ2v) is 7.33. The third-order valence-corrected chi connectivity index (χ3v) is 6.00. The number of likely N-dealkylation sites (N-methyl/N-ethyl adjacent to an activating group) is 1. The Bertz CT molecular complexity index is 1050. The van der Waals surface area contributed by atoms with Gasteiger partial charge in [0.2, 0.25) is 4.87 Å². The molecule has 1 amide bonds. The van der Waals surface area contributed by atoms with Crippen molar-refractivity contribution in [3.8, 4) is 11.1 Å². The van der Waals surface area contributed by atoms with E-state index in [-0.39, 0.29) is 5.91 Å². The molecule has 3 aromatic rings. The fourth-order valence-electron chi connectivity index (χ4n) is 3.69. The fourth-order valence-corrected chi connectivity index (χ4v) is 4.58. The Hall–Kier alpha value is -2.79. The number of anilines is 1. The van der Waals surface area contributed by atoms with Gasteiger partial charge in [0.05, 0.1) is 11.2 Å². The van der Waals surface area contributed by atoms with E-state index in [9.17, 15) is 4.79 Å². The Balaban J connectivity index is 1.74. The topological polar surface area (TPSA) is 44.7 Å². The molecule has 0 saturated carbocycles. The first kappa shape index (κ1) is 14.5. The average molecular weight is 345 g/mol. The van der Waals surface area contributed by atoms with E-state index in [1.165, 1.54) is 28.1 Å². The van der Waals surface area contributed by atoms with Crippen molar-refractivity contribution in [2.24, 2.45) is 5.10 Å². The Morgan fingerprint density at radius 1 is 1.08 bits per heavy atom. The molecule has 2 aliphatic rings. The fraction of sp³-hybridized carbons (Fsp3) is 0.100. The lowest BCUT2D eigenvalue weighted by molar-refractivity contribution is -0.120. The van der Waals surface area contributed by atoms with Crippen LogP contribution in [-0.2, 0) is 9.67 Å². The van der Waals surface area contributed by atoms with E-state index in [1.807, 2.05) is 19.2 Å². The van der Waals surface area contributed by atoms with Gasteiger partial charge in [-0.1, -0.05) is 60.3 Å². The summed E-state index contributed by atoms with van der Waals surface area (Å²) in [6, 6.07) is 20.9. The first-order chi connectivity index (χ1) is 12.2. The number of carbonyl (C=O) groups excluding carboxylic acids is 1. The molecule has 1 atom stereocenters. The van der Waals surface area contributed by atoms with Crippen LogP contribution in [0.3, 0.4) is 0 Å². The van der Waals surface area contributed by atoms with E-state index in [2.05, 4.69) is 59.1 Å². The van der Waals surface area contributed by atoms with Gasteiger partial charge in [-0.25, -0.2) is 0 Å². The highest BCUT2D eigenvalue weighted by Gasteiger charge is 2.52. The van der Waals surface area contributed by atoms with Gasteiger partial charge < -0.3 is 4.90 Å². The minimum Gasteiger partial charge on any atom is -0.312 e. The van der Waals surface area contributed by atoms with Gasteiger partial charge in [-0.15, -0.1) is 0 Å². The van der Waals surface area contributed by atoms with Crippen LogP contribution in [0.25, 0.3) is 21.9 Å². The summed E-state index contributed by atoms with van der Waals surface area (Å²) in [4.78, 5) is 13.7. The lowest BCUT2D eigenvalue weighted by Gasteiger charge is -2.20. The molecule has 0 fully saturated rings. The van der Waals surface area contributed by atoms with Crippen LogP contribution in [0.15, 0.2) is 65.8 Å². The summed E-state index contributed by atoms with van der Waals surface area (Å²) in [6.07, 6.45) is 0. The molecule has 5 rings (SSSR count). The monoisotopic (exact) mass is 345 g/mol. The van der Waals surface area contributed by atoms with Crippen LogP contribution < -0.4 is 10.3 Å². The second kappa shape index (κ2) is 5.10. The van der Waals surface area contributed by atoms with Crippen molar-refractivity contribution in [1.82, 2.24) is 5.43 Å². The van der Waals surface area contributed by atoms with Crippen molar-refractivity contribution in [1.29, 1.82) is 0 Å². The van der Waals surface area contributed by atoms with E-state index >= 15 is 0 Å². The quantitative estimate of drug-likeness (QED) is 0.727. The number of hydrogen-bond donors (Lipinski definition) is 1. The van der Waals surface area contributed by atoms with Crippen LogP contribution in [0, 0.1) is 0 Å². The summed E-state index contributed by atoms with van der Waals surface area (Å²) in [7, 11) is 1.81. The molecule has 1 spiro atoms. The minimum atomic E-state index is -0.829. The standard InChI is InChI=1S/C20H15N3OS/c1-23-18-10-9-14(11-17(18)20(19(23)24)22-21-12-25-20)16-8-4-6-13-5-2-3-7-15(13)16/h2-12,22H,1H3. The van der Waals surface area contributed by atoms with Gasteiger partial charge in [0, 0.05) is 12.6 Å². The Kier molecular flexibility index (Phi) is 2.97. The van der Waals surface area contributed by atoms with Crippen molar-refractivity contribution in [2.45, 2.75) is 4.87 Å². The van der Waals surface area contributed by atoms with Gasteiger partial charge in [-0.2, -0.15) is 5.10 Å². The molecule has 0 aliphatic carbocycles. The molecule has 2 aliphatic heterocycles. The zero-order chi connectivity index (χ0) is 17.0. The smallest absolute Gasteiger partial charge is 0.269 e. The van der Waals surface area contributed by atoms with Crippen molar-refractivity contribution < 1.29 is 4.79 Å². The van der Waals surface area contributed by atoms with Gasteiger partial charge in [0.15, 0.2) is 0 Å². The zero-order valence-corrected chi connectivity index (χ0v) is 14.4. The molecule has 5 heteroatoms. The summed E-state index contributed by atoms with van der Waals surface area (Å²) >= 11 is 1.42. The number of amides is 1. The average Bonchev–Trinajstić information content (AvgIpc) is 3.23. The van der Waals surface area contributed by atoms with Crippen LogP contribution >= 0.6 is 11.8 Å². The van der Waals surface area contributed by atoms with Gasteiger partial charge >= 0.3 is 0 Å². The molecule has 1 N–H and O–H groups in total. The molecular weight excluding hydrogens is 330 g/mol. The normalized spacial score (nSPS) is 21.2. The number of thioether (sulfide) groups is 1. The van der Waals surface area contributed by atoms with Crippen LogP contribution in [0.1, 0.15) is 5.56 Å². The molecule has 0 aromatic heterocycles. The van der Waals surface area contributed by atoms with Gasteiger partial charge in [-0.3, -0.25) is 10.2 Å². The molecule has 1 unspecified atom stereocenters. The number of carbonyl (C=O) groups is 1. The van der Waals surface area contributed by atoms with Gasteiger partial charge in [0.25, 0.3) is 5.91 Å². The lowest BCUT2D eigenvalue weighted by Crippen LogP contribution is -2.42. The molecule has 25 heavy (non-hydrogen) atoms. The molecule has 0 saturated heterocycles. The summed E-state index contributed by atoms with van der Waals surface area (Å²) in [5.41, 5.74) is 8.89. The number of fused-ring (bicyclic) bond motifs is 3. The van der Waals surface area contributed by atoms with Crippen LogP contribution in [-0.4, -0.2) is 18.5 Å². The molecule has 0 radical (unpaired) electrons. The Morgan fingerprint density at radius 3 is 2.76 bits per heavy atom. The summed E-state index contributed by atoms with van der Waals surface area (Å²) in [6.45, 7) is 0. The largest absolute Gasteiger partial charge is 0.312 e. The lowest BCUT2D eigenvalue weighted by atomic mass is 9.95. The number of nitrogens with zero attached hydrogens (tertiary/aromatic N) is 2. The number of hydrogen-bond acceptors (Lipinski definition) is 4. The third kappa shape index (κ3) is 1.90. The van der Waals surface area contributed by atoms with Gasteiger partial charge in [0.1, 0.15) is 0 Å². The minimum absolute atomic E-state index is 0.0140.